The van der Waals surface area contributed by atoms with Gasteiger partial charge in [-0.2, -0.15) is 0 Å². The summed E-state index contributed by atoms with van der Waals surface area (Å²) < 4.78 is 2.05. The number of nitrogens with zero attached hydrogens (tertiary/aromatic N) is 2. The molecular weight excluding hydrogens is 244 g/mol. The Morgan fingerprint density at radius 2 is 0.750 bits per heavy atom. The number of hydrogen-bond donors (Lipinski definition) is 0. The molecule has 20 heavy (non-hydrogen) atoms. The topological polar surface area (TPSA) is 0 Å². The van der Waals surface area contributed by atoms with Gasteiger partial charge in [0.1, 0.15) is 0 Å². The molecule has 0 aliphatic carbocycles. The summed E-state index contributed by atoms with van der Waals surface area (Å²) in [6.45, 7) is 8.77. The predicted molar refractivity (Wildman–Crippen MR) is 91.7 cm³/mol. The molecule has 0 amide bonds. The van der Waals surface area contributed by atoms with Gasteiger partial charge in [-0.15, -0.1) is 0 Å². The van der Waals surface area contributed by atoms with Crippen molar-refractivity contribution in [3.05, 3.63) is 36.5 Å². The molecule has 2 nitrogen and oxygen atoms in total. The lowest BCUT2D eigenvalue weighted by Crippen LogP contribution is -2.41. The zero-order valence-electron chi connectivity index (χ0n) is 14.6. The molecule has 0 rings (SSSR count). The van der Waals surface area contributed by atoms with Crippen LogP contribution in [0, 0.1) is 0 Å². The van der Waals surface area contributed by atoms with Crippen LogP contribution < -0.4 is 0 Å². The van der Waals surface area contributed by atoms with Crippen LogP contribution in [-0.4, -0.2) is 63.3 Å². The van der Waals surface area contributed by atoms with Gasteiger partial charge in [-0.1, -0.05) is 26.0 Å². The van der Waals surface area contributed by atoms with Crippen LogP contribution in [0.3, 0.4) is 0 Å². The van der Waals surface area contributed by atoms with Crippen LogP contribution in [0.25, 0.3) is 0 Å². The average molecular weight is 281 g/mol. The van der Waals surface area contributed by atoms with Gasteiger partial charge in [0.25, 0.3) is 0 Å². The van der Waals surface area contributed by atoms with Crippen LogP contribution in [0.5, 0.6) is 0 Å². The van der Waals surface area contributed by atoms with E-state index in [-0.39, 0.29) is 0 Å². The zero-order valence-corrected chi connectivity index (χ0v) is 14.6. The van der Waals surface area contributed by atoms with E-state index >= 15 is 0 Å². The normalized spacial score (nSPS) is 14.1. The van der Waals surface area contributed by atoms with E-state index in [0.29, 0.717) is 0 Å². The molecule has 0 bridgehead atoms. The van der Waals surface area contributed by atoms with Crippen molar-refractivity contribution >= 4 is 0 Å². The fraction of sp³-hybridized carbons (Fsp3) is 0.667. The van der Waals surface area contributed by atoms with Crippen LogP contribution in [0.15, 0.2) is 36.5 Å². The second-order valence-electron chi connectivity index (χ2n) is 6.83. The molecule has 116 valence electrons. The van der Waals surface area contributed by atoms with Crippen LogP contribution >= 0.6 is 0 Å². The third-order valence-electron chi connectivity index (χ3n) is 3.37. The first-order valence-corrected chi connectivity index (χ1v) is 7.92. The molecule has 0 saturated heterocycles. The summed E-state index contributed by atoms with van der Waals surface area (Å²) in [5.41, 5.74) is 0. The molecule has 0 saturated carbocycles. The fourth-order valence-electron chi connectivity index (χ4n) is 1.92. The van der Waals surface area contributed by atoms with E-state index in [1.807, 2.05) is 0 Å². The molecule has 0 aliphatic heterocycles. The van der Waals surface area contributed by atoms with E-state index < -0.39 is 0 Å². The first kappa shape index (κ1) is 19.1. The molecule has 0 atom stereocenters. The predicted octanol–water partition coefficient (Wildman–Crippen LogP) is 3.63. The molecule has 0 aromatic carbocycles. The van der Waals surface area contributed by atoms with Gasteiger partial charge in [0, 0.05) is 0 Å². The first-order chi connectivity index (χ1) is 9.33. The Kier molecular flexibility index (Phi) is 9.52. The summed E-state index contributed by atoms with van der Waals surface area (Å²) in [4.78, 5) is 0. The third kappa shape index (κ3) is 11.0. The zero-order chi connectivity index (χ0) is 15.5. The summed E-state index contributed by atoms with van der Waals surface area (Å²) in [6, 6.07) is 0. The highest BCUT2D eigenvalue weighted by molar-refractivity contribution is 4.85. The van der Waals surface area contributed by atoms with Crippen LogP contribution in [-0.2, 0) is 0 Å². The molecule has 0 aromatic rings. The Morgan fingerprint density at radius 1 is 0.500 bits per heavy atom. The average Bonchev–Trinajstić information content (AvgIpc) is 2.35. The minimum atomic E-state index is 1.02. The molecular formula is C18H36N2+2. The van der Waals surface area contributed by atoms with Crippen LogP contribution in [0.1, 0.15) is 26.7 Å². The summed E-state index contributed by atoms with van der Waals surface area (Å²) in [7, 11) is 9.14. The summed E-state index contributed by atoms with van der Waals surface area (Å²) in [6.07, 6.45) is 16.0. The minimum Gasteiger partial charge on any atom is -0.322 e. The van der Waals surface area contributed by atoms with Gasteiger partial charge in [0.2, 0.25) is 0 Å². The third-order valence-corrected chi connectivity index (χ3v) is 3.37. The van der Waals surface area contributed by atoms with Crippen molar-refractivity contribution in [1.82, 2.24) is 0 Å². The van der Waals surface area contributed by atoms with E-state index in [4.69, 9.17) is 0 Å². The fourth-order valence-corrected chi connectivity index (χ4v) is 1.92. The van der Waals surface area contributed by atoms with Gasteiger partial charge in [0.15, 0.2) is 0 Å². The Balaban J connectivity index is 4.11. The SMILES string of the molecule is CC/C=C/C[N+](C)(C)C/C=C/C[N+](C)(C)C/C=C/CC. The van der Waals surface area contributed by atoms with E-state index in [1.165, 1.54) is 0 Å². The Hall–Kier alpha value is -0.860. The van der Waals surface area contributed by atoms with E-state index in [2.05, 4.69) is 78.5 Å². The number of likely N-dealkylation sites (N-methyl/N-ethyl adjacent to an activating group) is 2. The number of hydrogen-bond acceptors (Lipinski definition) is 0. The van der Waals surface area contributed by atoms with Crippen molar-refractivity contribution in [2.24, 2.45) is 0 Å². The summed E-state index contributed by atoms with van der Waals surface area (Å²) in [5.74, 6) is 0. The largest absolute Gasteiger partial charge is 0.322 e. The van der Waals surface area contributed by atoms with Gasteiger partial charge in [-0.25, -0.2) is 0 Å². The van der Waals surface area contributed by atoms with Crippen LogP contribution in [0.2, 0.25) is 0 Å². The maximum absolute atomic E-state index is 2.34. The molecule has 2 heteroatoms. The van der Waals surface area contributed by atoms with Crippen molar-refractivity contribution in [3.8, 4) is 0 Å². The van der Waals surface area contributed by atoms with Crippen molar-refractivity contribution in [2.45, 2.75) is 26.7 Å². The lowest BCUT2D eigenvalue weighted by molar-refractivity contribution is -0.881. The molecule has 0 spiro atoms. The maximum atomic E-state index is 2.34. The molecule has 0 aliphatic rings. The highest BCUT2D eigenvalue weighted by Gasteiger charge is 2.12. The van der Waals surface area contributed by atoms with E-state index in [1.54, 1.807) is 0 Å². The first-order valence-electron chi connectivity index (χ1n) is 7.92. The molecule has 0 aromatic heterocycles. The van der Waals surface area contributed by atoms with Crippen molar-refractivity contribution in [3.63, 3.8) is 0 Å². The van der Waals surface area contributed by atoms with Crippen LogP contribution in [0.4, 0.5) is 0 Å². The minimum absolute atomic E-state index is 1.02. The van der Waals surface area contributed by atoms with Crippen molar-refractivity contribution < 1.29 is 8.97 Å². The summed E-state index contributed by atoms with van der Waals surface area (Å²) in [5, 5.41) is 0. The number of quaternary nitrogens is 2. The maximum Gasteiger partial charge on any atom is 0.0974 e. The monoisotopic (exact) mass is 280 g/mol. The number of allylic oxidation sites excluding steroid dienone is 2. The molecule has 0 radical (unpaired) electrons. The number of rotatable bonds is 10. The van der Waals surface area contributed by atoms with E-state index in [9.17, 15) is 0 Å². The summed E-state index contributed by atoms with van der Waals surface area (Å²) >= 11 is 0. The molecule has 0 heterocycles. The molecule has 0 fully saturated rings. The highest BCUT2D eigenvalue weighted by Crippen LogP contribution is 2.01. The van der Waals surface area contributed by atoms with Gasteiger partial charge < -0.3 is 8.97 Å². The standard InChI is InChI=1S/C18H36N2/c1-7-9-11-15-19(3,4)17-13-14-18-20(5,6)16-12-10-8-2/h9-14H,7-8,15-18H2,1-6H3/q+2/b11-9+,12-10+,14-13+. The smallest absolute Gasteiger partial charge is 0.0974 e. The lowest BCUT2D eigenvalue weighted by atomic mass is 10.3. The van der Waals surface area contributed by atoms with Crippen molar-refractivity contribution in [2.75, 3.05) is 54.4 Å². The molecule has 0 unspecified atom stereocenters. The quantitative estimate of drug-likeness (QED) is 0.423. The van der Waals surface area contributed by atoms with Gasteiger partial charge in [0.05, 0.1) is 54.4 Å². The Bertz CT molecular complexity index is 290. The second-order valence-corrected chi connectivity index (χ2v) is 6.83. The lowest BCUT2D eigenvalue weighted by Gasteiger charge is -2.28. The highest BCUT2D eigenvalue weighted by atomic mass is 15.3. The van der Waals surface area contributed by atoms with Gasteiger partial charge >= 0.3 is 0 Å². The Labute approximate surface area is 127 Å². The molecule has 0 N–H and O–H groups in total. The second kappa shape index (κ2) is 9.95. The van der Waals surface area contributed by atoms with Gasteiger partial charge in [-0.3, -0.25) is 0 Å². The van der Waals surface area contributed by atoms with Gasteiger partial charge in [-0.05, 0) is 37.1 Å². The Morgan fingerprint density at radius 3 is 1.00 bits per heavy atom. The van der Waals surface area contributed by atoms with Crippen molar-refractivity contribution in [1.29, 1.82) is 0 Å². The van der Waals surface area contributed by atoms with E-state index in [0.717, 1.165) is 48.0 Å².